The fraction of sp³-hybridized carbons (Fsp3) is 0.333. The number of aliphatic hydroxyl groups is 1. The van der Waals surface area contributed by atoms with Gasteiger partial charge in [-0.15, -0.1) is 0 Å². The maximum absolute atomic E-state index is 11.7. The van der Waals surface area contributed by atoms with Gasteiger partial charge in [-0.25, -0.2) is 0 Å². The molecule has 0 fully saturated rings. The first-order valence-corrected chi connectivity index (χ1v) is 5.24. The number of nitrogens with one attached hydrogen (secondary N) is 1. The molecular weight excluding hydrogens is 204 g/mol. The molecule has 0 radical (unpaired) electrons. The second kappa shape index (κ2) is 4.06. The molecule has 0 saturated carbocycles. The number of rotatable bonds is 2. The second-order valence-corrected chi connectivity index (χ2v) is 4.14. The maximum Gasteiger partial charge on any atom is 0.251 e. The number of hydrogen-bond acceptors (Lipinski definition) is 3. The number of aromatic nitrogens is 2. The van der Waals surface area contributed by atoms with E-state index in [1.165, 1.54) is 0 Å². The van der Waals surface area contributed by atoms with Gasteiger partial charge in [-0.3, -0.25) is 9.78 Å². The highest BCUT2D eigenvalue weighted by atomic mass is 16.3. The molecule has 4 heteroatoms. The van der Waals surface area contributed by atoms with Crippen LogP contribution < -0.4 is 5.56 Å². The Morgan fingerprint density at radius 2 is 2.19 bits per heavy atom. The van der Waals surface area contributed by atoms with Crippen molar-refractivity contribution in [2.75, 3.05) is 0 Å². The lowest BCUT2D eigenvalue weighted by atomic mass is 10.0. The Bertz CT molecular complexity index is 573. The zero-order chi connectivity index (χ0) is 11.7. The Morgan fingerprint density at radius 1 is 1.44 bits per heavy atom. The lowest BCUT2D eigenvalue weighted by Crippen LogP contribution is -2.13. The monoisotopic (exact) mass is 218 g/mol. The highest BCUT2D eigenvalue weighted by molar-refractivity contribution is 5.74. The van der Waals surface area contributed by atoms with Crippen molar-refractivity contribution in [3.63, 3.8) is 0 Å². The molecule has 0 amide bonds. The first-order valence-electron chi connectivity index (χ1n) is 5.24. The van der Waals surface area contributed by atoms with Crippen LogP contribution in [-0.4, -0.2) is 15.1 Å². The summed E-state index contributed by atoms with van der Waals surface area (Å²) in [6.45, 7) is 3.87. The van der Waals surface area contributed by atoms with Crippen LogP contribution in [0.2, 0.25) is 0 Å². The summed E-state index contributed by atoms with van der Waals surface area (Å²) in [6, 6.07) is 3.55. The van der Waals surface area contributed by atoms with E-state index >= 15 is 0 Å². The number of fused-ring (bicyclic) bond motifs is 1. The fourth-order valence-corrected chi connectivity index (χ4v) is 1.66. The summed E-state index contributed by atoms with van der Waals surface area (Å²) in [5, 5.41) is 8.98. The predicted octanol–water partition coefficient (Wildman–Crippen LogP) is 1.54. The van der Waals surface area contributed by atoms with Crippen LogP contribution in [0.15, 0.2) is 23.1 Å². The van der Waals surface area contributed by atoms with E-state index in [0.717, 1.165) is 11.1 Å². The van der Waals surface area contributed by atoms with Crippen LogP contribution in [0.5, 0.6) is 0 Å². The molecule has 0 bridgehead atoms. The van der Waals surface area contributed by atoms with Crippen molar-refractivity contribution in [3.05, 3.63) is 39.8 Å². The standard InChI is InChI=1S/C12H14N2O2/c1-7(2)9-4-10-11(14-12(9)16)3-8(6-15)5-13-10/h3-5,7,15H,6H2,1-2H3,(H,14,16). The van der Waals surface area contributed by atoms with E-state index in [4.69, 9.17) is 5.11 Å². The highest BCUT2D eigenvalue weighted by Gasteiger charge is 2.07. The van der Waals surface area contributed by atoms with Crippen LogP contribution >= 0.6 is 0 Å². The second-order valence-electron chi connectivity index (χ2n) is 4.14. The van der Waals surface area contributed by atoms with E-state index in [1.807, 2.05) is 13.8 Å². The lowest BCUT2D eigenvalue weighted by molar-refractivity contribution is 0.281. The molecular formula is C12H14N2O2. The van der Waals surface area contributed by atoms with Gasteiger partial charge in [0.25, 0.3) is 5.56 Å². The van der Waals surface area contributed by atoms with Gasteiger partial charge in [0.05, 0.1) is 17.6 Å². The molecule has 84 valence electrons. The Labute approximate surface area is 93.0 Å². The Balaban J connectivity index is 2.69. The Morgan fingerprint density at radius 3 is 2.81 bits per heavy atom. The van der Waals surface area contributed by atoms with Gasteiger partial charge in [-0.2, -0.15) is 0 Å². The third-order valence-corrected chi connectivity index (χ3v) is 2.58. The van der Waals surface area contributed by atoms with Crippen molar-refractivity contribution in [3.8, 4) is 0 Å². The van der Waals surface area contributed by atoms with Gasteiger partial charge in [0.2, 0.25) is 0 Å². The van der Waals surface area contributed by atoms with Crippen molar-refractivity contribution in [2.45, 2.75) is 26.4 Å². The zero-order valence-electron chi connectivity index (χ0n) is 9.32. The first-order chi connectivity index (χ1) is 7.61. The number of aromatic amines is 1. The van der Waals surface area contributed by atoms with Crippen molar-refractivity contribution >= 4 is 11.0 Å². The Hall–Kier alpha value is -1.68. The summed E-state index contributed by atoms with van der Waals surface area (Å²) < 4.78 is 0. The molecule has 0 aromatic carbocycles. The molecule has 0 saturated heterocycles. The molecule has 2 heterocycles. The molecule has 2 N–H and O–H groups in total. The minimum Gasteiger partial charge on any atom is -0.392 e. The average Bonchev–Trinajstić information content (AvgIpc) is 2.27. The summed E-state index contributed by atoms with van der Waals surface area (Å²) in [5.41, 5.74) is 2.76. The van der Waals surface area contributed by atoms with Gasteiger partial charge < -0.3 is 10.1 Å². The number of H-pyrrole nitrogens is 1. The van der Waals surface area contributed by atoms with Gasteiger partial charge in [0, 0.05) is 11.8 Å². The van der Waals surface area contributed by atoms with Gasteiger partial charge in [-0.05, 0) is 23.6 Å². The SMILES string of the molecule is CC(C)c1cc2ncc(CO)cc2[nH]c1=O. The van der Waals surface area contributed by atoms with Crippen molar-refractivity contribution < 1.29 is 5.11 Å². The van der Waals surface area contributed by atoms with Gasteiger partial charge in [0.15, 0.2) is 0 Å². The van der Waals surface area contributed by atoms with Gasteiger partial charge >= 0.3 is 0 Å². The molecule has 2 rings (SSSR count). The van der Waals surface area contributed by atoms with E-state index in [1.54, 1.807) is 18.3 Å². The summed E-state index contributed by atoms with van der Waals surface area (Å²) in [5.74, 6) is 0.174. The summed E-state index contributed by atoms with van der Waals surface area (Å²) in [4.78, 5) is 18.7. The largest absolute Gasteiger partial charge is 0.392 e. The number of hydrogen-bond donors (Lipinski definition) is 2. The normalized spacial score (nSPS) is 11.2. The molecule has 0 unspecified atom stereocenters. The van der Waals surface area contributed by atoms with Crippen LogP contribution in [-0.2, 0) is 6.61 Å². The number of aliphatic hydroxyl groups excluding tert-OH is 1. The minimum atomic E-state index is -0.0839. The van der Waals surface area contributed by atoms with Crippen molar-refractivity contribution in [1.29, 1.82) is 0 Å². The molecule has 0 spiro atoms. The van der Waals surface area contributed by atoms with E-state index in [2.05, 4.69) is 9.97 Å². The molecule has 2 aromatic rings. The third kappa shape index (κ3) is 1.84. The molecule has 0 aliphatic heterocycles. The van der Waals surface area contributed by atoms with Gasteiger partial charge in [0.1, 0.15) is 0 Å². The van der Waals surface area contributed by atoms with E-state index in [-0.39, 0.29) is 18.1 Å². The van der Waals surface area contributed by atoms with Crippen molar-refractivity contribution in [2.24, 2.45) is 0 Å². The van der Waals surface area contributed by atoms with E-state index < -0.39 is 0 Å². The van der Waals surface area contributed by atoms with Crippen LogP contribution in [0.4, 0.5) is 0 Å². The molecule has 0 aliphatic rings. The third-order valence-electron chi connectivity index (χ3n) is 2.58. The number of nitrogens with zero attached hydrogens (tertiary/aromatic N) is 1. The highest BCUT2D eigenvalue weighted by Crippen LogP contribution is 2.15. The molecule has 16 heavy (non-hydrogen) atoms. The Kier molecular flexibility index (Phi) is 2.75. The quantitative estimate of drug-likeness (QED) is 0.803. The van der Waals surface area contributed by atoms with Crippen LogP contribution in [0.1, 0.15) is 30.9 Å². The molecule has 2 aromatic heterocycles. The van der Waals surface area contributed by atoms with Crippen LogP contribution in [0, 0.1) is 0 Å². The van der Waals surface area contributed by atoms with E-state index in [0.29, 0.717) is 11.1 Å². The summed E-state index contributed by atoms with van der Waals surface area (Å²) in [7, 11) is 0. The fourth-order valence-electron chi connectivity index (χ4n) is 1.66. The average molecular weight is 218 g/mol. The lowest BCUT2D eigenvalue weighted by Gasteiger charge is -2.06. The summed E-state index contributed by atoms with van der Waals surface area (Å²) >= 11 is 0. The summed E-state index contributed by atoms with van der Waals surface area (Å²) in [6.07, 6.45) is 1.62. The van der Waals surface area contributed by atoms with E-state index in [9.17, 15) is 4.79 Å². The van der Waals surface area contributed by atoms with Crippen molar-refractivity contribution in [1.82, 2.24) is 9.97 Å². The number of pyridine rings is 2. The molecule has 0 aliphatic carbocycles. The topological polar surface area (TPSA) is 66.0 Å². The predicted molar refractivity (Wildman–Crippen MR) is 62.4 cm³/mol. The zero-order valence-corrected chi connectivity index (χ0v) is 9.32. The smallest absolute Gasteiger partial charge is 0.251 e. The minimum absolute atomic E-state index is 0.0725. The van der Waals surface area contributed by atoms with Gasteiger partial charge in [-0.1, -0.05) is 13.8 Å². The van der Waals surface area contributed by atoms with Crippen LogP contribution in [0.25, 0.3) is 11.0 Å². The molecule has 0 atom stereocenters. The first kappa shape index (κ1) is 10.8. The molecule has 4 nitrogen and oxygen atoms in total. The van der Waals surface area contributed by atoms with Crippen LogP contribution in [0.3, 0.4) is 0 Å². The maximum atomic E-state index is 11.7.